The monoisotopic (exact) mass is 279 g/mol. The number of nitrogens with one attached hydrogen (secondary N) is 2. The van der Waals surface area contributed by atoms with Gasteiger partial charge in [-0.1, -0.05) is 6.92 Å². The van der Waals surface area contributed by atoms with Crippen LogP contribution in [0.15, 0.2) is 17.9 Å². The Hall–Kier alpha value is -1.73. The first kappa shape index (κ1) is 13.7. The van der Waals surface area contributed by atoms with Gasteiger partial charge in [-0.05, 0) is 13.5 Å². The number of imidazole rings is 1. The van der Waals surface area contributed by atoms with Crippen LogP contribution in [0, 0.1) is 0 Å². The highest BCUT2D eigenvalue weighted by Gasteiger charge is 2.13. The van der Waals surface area contributed by atoms with Crippen LogP contribution in [0.5, 0.6) is 0 Å². The number of amides is 1. The fraction of sp³-hybridized carbons (Fsp3) is 0.417. The summed E-state index contributed by atoms with van der Waals surface area (Å²) in [6.45, 7) is 4.98. The molecule has 1 atom stereocenters. The van der Waals surface area contributed by atoms with Crippen molar-refractivity contribution in [1.29, 1.82) is 0 Å². The van der Waals surface area contributed by atoms with E-state index in [2.05, 4.69) is 20.6 Å². The number of aryl methyl sites for hydroxylation is 1. The molecule has 6 nitrogen and oxygen atoms in total. The van der Waals surface area contributed by atoms with Gasteiger partial charge in [0.1, 0.15) is 5.69 Å². The SMILES string of the molecule is CCNC(C)c1csc(NC(=O)c2cncn2C)n1. The zero-order valence-electron chi connectivity index (χ0n) is 11.2. The van der Waals surface area contributed by atoms with Crippen molar-refractivity contribution in [3.05, 3.63) is 29.3 Å². The number of anilines is 1. The molecule has 2 N–H and O–H groups in total. The second kappa shape index (κ2) is 5.94. The van der Waals surface area contributed by atoms with Gasteiger partial charge < -0.3 is 9.88 Å². The maximum absolute atomic E-state index is 12.0. The van der Waals surface area contributed by atoms with E-state index in [-0.39, 0.29) is 11.9 Å². The largest absolute Gasteiger partial charge is 0.330 e. The predicted octanol–water partition coefficient (Wildman–Crippen LogP) is 1.80. The van der Waals surface area contributed by atoms with E-state index < -0.39 is 0 Å². The smallest absolute Gasteiger partial charge is 0.275 e. The number of thiazole rings is 1. The van der Waals surface area contributed by atoms with Crippen LogP contribution in [-0.4, -0.2) is 27.0 Å². The van der Waals surface area contributed by atoms with E-state index in [0.717, 1.165) is 12.2 Å². The minimum Gasteiger partial charge on any atom is -0.330 e. The summed E-state index contributed by atoms with van der Waals surface area (Å²) in [6.07, 6.45) is 3.13. The summed E-state index contributed by atoms with van der Waals surface area (Å²) < 4.78 is 1.67. The molecule has 102 valence electrons. The van der Waals surface area contributed by atoms with E-state index in [0.29, 0.717) is 10.8 Å². The van der Waals surface area contributed by atoms with Gasteiger partial charge in [0.25, 0.3) is 5.91 Å². The van der Waals surface area contributed by atoms with Crippen molar-refractivity contribution in [2.24, 2.45) is 7.05 Å². The van der Waals surface area contributed by atoms with E-state index in [1.165, 1.54) is 17.5 Å². The van der Waals surface area contributed by atoms with Crippen molar-refractivity contribution in [2.45, 2.75) is 19.9 Å². The van der Waals surface area contributed by atoms with Crippen molar-refractivity contribution < 1.29 is 4.79 Å². The summed E-state index contributed by atoms with van der Waals surface area (Å²) in [5, 5.41) is 8.62. The first-order chi connectivity index (χ1) is 9.11. The zero-order chi connectivity index (χ0) is 13.8. The number of carbonyl (C=O) groups excluding carboxylic acids is 1. The molecule has 0 radical (unpaired) electrons. The van der Waals surface area contributed by atoms with Crippen molar-refractivity contribution in [3.8, 4) is 0 Å². The first-order valence-corrected chi connectivity index (χ1v) is 6.96. The molecule has 0 spiro atoms. The van der Waals surface area contributed by atoms with Crippen molar-refractivity contribution >= 4 is 22.4 Å². The predicted molar refractivity (Wildman–Crippen MR) is 75.4 cm³/mol. The Morgan fingerprint density at radius 3 is 3.00 bits per heavy atom. The highest BCUT2D eigenvalue weighted by molar-refractivity contribution is 7.14. The minimum absolute atomic E-state index is 0.184. The summed E-state index contributed by atoms with van der Waals surface area (Å²) in [4.78, 5) is 20.3. The van der Waals surface area contributed by atoms with Crippen molar-refractivity contribution in [3.63, 3.8) is 0 Å². The van der Waals surface area contributed by atoms with Gasteiger partial charge in [-0.15, -0.1) is 11.3 Å². The molecule has 0 aliphatic carbocycles. The number of carbonyl (C=O) groups is 1. The van der Waals surface area contributed by atoms with Crippen molar-refractivity contribution in [1.82, 2.24) is 19.9 Å². The molecule has 19 heavy (non-hydrogen) atoms. The lowest BCUT2D eigenvalue weighted by molar-refractivity contribution is 0.101. The normalized spacial score (nSPS) is 12.4. The lowest BCUT2D eigenvalue weighted by Crippen LogP contribution is -2.18. The number of nitrogens with zero attached hydrogens (tertiary/aromatic N) is 3. The standard InChI is InChI=1S/C12H17N5OS/c1-4-14-8(2)9-6-19-12(15-9)16-11(18)10-5-13-7-17(10)3/h5-8,14H,4H2,1-3H3,(H,15,16,18). The van der Waals surface area contributed by atoms with Crippen LogP contribution < -0.4 is 10.6 Å². The van der Waals surface area contributed by atoms with Crippen LogP contribution >= 0.6 is 11.3 Å². The van der Waals surface area contributed by atoms with Crippen LogP contribution in [0.3, 0.4) is 0 Å². The Morgan fingerprint density at radius 2 is 2.37 bits per heavy atom. The highest BCUT2D eigenvalue weighted by Crippen LogP contribution is 2.20. The molecule has 0 aliphatic heterocycles. The molecular formula is C12H17N5OS. The molecule has 1 unspecified atom stereocenters. The van der Waals surface area contributed by atoms with Gasteiger partial charge in [0.15, 0.2) is 5.13 Å². The lowest BCUT2D eigenvalue weighted by Gasteiger charge is -2.08. The Morgan fingerprint density at radius 1 is 1.58 bits per heavy atom. The molecular weight excluding hydrogens is 262 g/mol. The number of hydrogen-bond acceptors (Lipinski definition) is 5. The molecule has 7 heteroatoms. The molecule has 0 bridgehead atoms. The molecule has 0 fully saturated rings. The molecule has 0 aromatic carbocycles. The summed E-state index contributed by atoms with van der Waals surface area (Å²) in [5.41, 5.74) is 1.45. The van der Waals surface area contributed by atoms with Gasteiger partial charge in [0.05, 0.1) is 18.2 Å². The van der Waals surface area contributed by atoms with Gasteiger partial charge in [-0.2, -0.15) is 0 Å². The van der Waals surface area contributed by atoms with Crippen molar-refractivity contribution in [2.75, 3.05) is 11.9 Å². The van der Waals surface area contributed by atoms with E-state index >= 15 is 0 Å². The highest BCUT2D eigenvalue weighted by atomic mass is 32.1. The lowest BCUT2D eigenvalue weighted by atomic mass is 10.3. The third-order valence-corrected chi connectivity index (χ3v) is 3.52. The van der Waals surface area contributed by atoms with Gasteiger partial charge in [0.2, 0.25) is 0 Å². The van der Waals surface area contributed by atoms with Gasteiger partial charge >= 0.3 is 0 Å². The van der Waals surface area contributed by atoms with Crippen LogP contribution in [0.4, 0.5) is 5.13 Å². The molecule has 0 aliphatic rings. The van der Waals surface area contributed by atoms with Gasteiger partial charge in [-0.3, -0.25) is 10.1 Å². The average Bonchev–Trinajstić information content (AvgIpc) is 2.98. The minimum atomic E-state index is -0.197. The molecule has 0 saturated carbocycles. The second-order valence-corrected chi connectivity index (χ2v) is 5.06. The van der Waals surface area contributed by atoms with E-state index in [9.17, 15) is 4.79 Å². The summed E-state index contributed by atoms with van der Waals surface area (Å²) in [6, 6.07) is 0.184. The Balaban J connectivity index is 2.04. The molecule has 2 rings (SSSR count). The quantitative estimate of drug-likeness (QED) is 0.875. The van der Waals surface area contributed by atoms with Crippen LogP contribution in [0.2, 0.25) is 0 Å². The first-order valence-electron chi connectivity index (χ1n) is 6.08. The number of hydrogen-bond donors (Lipinski definition) is 2. The molecule has 0 saturated heterocycles. The maximum atomic E-state index is 12.0. The summed E-state index contributed by atoms with van der Waals surface area (Å²) in [7, 11) is 1.78. The summed E-state index contributed by atoms with van der Waals surface area (Å²) in [5.74, 6) is -0.197. The van der Waals surface area contributed by atoms with Gasteiger partial charge in [0, 0.05) is 18.5 Å². The Bertz CT molecular complexity index is 562. The molecule has 2 heterocycles. The Labute approximate surface area is 115 Å². The topological polar surface area (TPSA) is 71.8 Å². The second-order valence-electron chi connectivity index (χ2n) is 4.20. The van der Waals surface area contributed by atoms with E-state index in [4.69, 9.17) is 0 Å². The third-order valence-electron chi connectivity index (χ3n) is 2.75. The van der Waals surface area contributed by atoms with E-state index in [1.54, 1.807) is 17.9 Å². The zero-order valence-corrected chi connectivity index (χ0v) is 12.0. The number of aromatic nitrogens is 3. The Kier molecular flexibility index (Phi) is 4.28. The fourth-order valence-corrected chi connectivity index (χ4v) is 2.49. The maximum Gasteiger partial charge on any atom is 0.275 e. The molecule has 2 aromatic heterocycles. The molecule has 2 aromatic rings. The van der Waals surface area contributed by atoms with Gasteiger partial charge in [-0.25, -0.2) is 9.97 Å². The van der Waals surface area contributed by atoms with E-state index in [1.807, 2.05) is 19.2 Å². The number of rotatable bonds is 5. The van der Waals surface area contributed by atoms with Crippen LogP contribution in [0.25, 0.3) is 0 Å². The van der Waals surface area contributed by atoms with Crippen LogP contribution in [-0.2, 0) is 7.05 Å². The van der Waals surface area contributed by atoms with Crippen LogP contribution in [0.1, 0.15) is 36.1 Å². The summed E-state index contributed by atoms with van der Waals surface area (Å²) >= 11 is 1.42. The average molecular weight is 279 g/mol. The fourth-order valence-electron chi connectivity index (χ4n) is 1.69. The third kappa shape index (κ3) is 3.18. The molecule has 1 amide bonds.